The smallest absolute Gasteiger partial charge is 0.134 e. The number of ether oxygens (including phenoxy) is 1. The van der Waals surface area contributed by atoms with Gasteiger partial charge in [-0.25, -0.2) is 0 Å². The molecule has 3 heteroatoms. The quantitative estimate of drug-likeness (QED) is 0.675. The Morgan fingerprint density at radius 1 is 1.45 bits per heavy atom. The average molecular weight is 181 g/mol. The van der Waals surface area contributed by atoms with E-state index in [0.29, 0.717) is 6.42 Å². The molecule has 68 valence electrons. The normalized spacial score (nSPS) is 18.0. The van der Waals surface area contributed by atoms with E-state index in [-0.39, 0.29) is 5.60 Å². The maximum absolute atomic E-state index is 8.96. The molecule has 0 spiro atoms. The van der Waals surface area contributed by atoms with Crippen LogP contribution in [-0.2, 0) is 4.74 Å². The number of halogens is 1. The summed E-state index contributed by atoms with van der Waals surface area (Å²) in [5, 5.41) is 8.96. The van der Waals surface area contributed by atoms with Gasteiger partial charge in [0, 0.05) is 6.42 Å². The fourth-order valence-electron chi connectivity index (χ4n) is 0.700. The van der Waals surface area contributed by atoms with Gasteiger partial charge in [-0.15, -0.1) is 0 Å². The highest BCUT2D eigenvalue weighted by Gasteiger charge is 2.17. The summed E-state index contributed by atoms with van der Waals surface area (Å²) in [7, 11) is 0. The van der Waals surface area contributed by atoms with Crippen molar-refractivity contribution in [1.82, 2.24) is 0 Å². The Bertz CT molecular complexity index is 107. The van der Waals surface area contributed by atoms with Crippen LogP contribution >= 0.6 is 11.6 Å². The maximum Gasteiger partial charge on any atom is 0.134 e. The first-order valence-electron chi connectivity index (χ1n) is 3.81. The van der Waals surface area contributed by atoms with Gasteiger partial charge in [0.2, 0.25) is 0 Å². The number of hydrogen-bond acceptors (Lipinski definition) is 2. The van der Waals surface area contributed by atoms with E-state index in [2.05, 4.69) is 0 Å². The van der Waals surface area contributed by atoms with Crippen LogP contribution in [0.1, 0.15) is 34.1 Å². The van der Waals surface area contributed by atoms with Crippen molar-refractivity contribution in [1.29, 1.82) is 0 Å². The topological polar surface area (TPSA) is 29.5 Å². The van der Waals surface area contributed by atoms with Gasteiger partial charge in [0.05, 0.1) is 11.7 Å². The minimum Gasteiger partial charge on any atom is -0.393 e. The Hall–Kier alpha value is 0.210. The Balaban J connectivity index is 3.61. The zero-order chi connectivity index (χ0) is 9.07. The lowest BCUT2D eigenvalue weighted by molar-refractivity contribution is -0.0376. The van der Waals surface area contributed by atoms with Crippen molar-refractivity contribution in [2.24, 2.45) is 0 Å². The number of alkyl halides is 1. The molecule has 1 N–H and O–H groups in total. The van der Waals surface area contributed by atoms with Crippen molar-refractivity contribution < 1.29 is 9.84 Å². The lowest BCUT2D eigenvalue weighted by Crippen LogP contribution is -2.26. The van der Waals surface area contributed by atoms with Crippen molar-refractivity contribution in [2.45, 2.75) is 51.4 Å². The van der Waals surface area contributed by atoms with E-state index in [1.54, 1.807) is 6.92 Å². The van der Waals surface area contributed by atoms with E-state index in [1.165, 1.54) is 0 Å². The van der Waals surface area contributed by atoms with Gasteiger partial charge in [-0.3, -0.25) is 0 Å². The average Bonchev–Trinajstić information content (AvgIpc) is 1.53. The molecule has 2 nitrogen and oxygen atoms in total. The summed E-state index contributed by atoms with van der Waals surface area (Å²) in [5.41, 5.74) is -0.628. The molecule has 0 saturated carbocycles. The Morgan fingerprint density at radius 2 is 1.91 bits per heavy atom. The predicted octanol–water partition coefficient (Wildman–Crippen LogP) is 2.14. The molecule has 0 aromatic rings. The van der Waals surface area contributed by atoms with E-state index in [1.807, 2.05) is 20.8 Å². The summed E-state index contributed by atoms with van der Waals surface area (Å²) >= 11 is 5.78. The molecule has 0 heterocycles. The van der Waals surface area contributed by atoms with Crippen LogP contribution in [0.2, 0.25) is 0 Å². The van der Waals surface area contributed by atoms with E-state index < -0.39 is 11.7 Å². The van der Waals surface area contributed by atoms with Gasteiger partial charge in [0.15, 0.2) is 0 Å². The number of rotatable bonds is 3. The van der Waals surface area contributed by atoms with Crippen LogP contribution in [0, 0.1) is 0 Å². The maximum atomic E-state index is 8.96. The van der Waals surface area contributed by atoms with Crippen LogP contribution < -0.4 is 0 Å². The largest absolute Gasteiger partial charge is 0.393 e. The third kappa shape index (κ3) is 8.11. The van der Waals surface area contributed by atoms with Gasteiger partial charge in [-0.1, -0.05) is 11.6 Å². The lowest BCUT2D eigenvalue weighted by Gasteiger charge is -2.24. The second-order valence-electron chi connectivity index (χ2n) is 3.73. The molecule has 0 amide bonds. The molecular formula is C8H17ClO2. The minimum absolute atomic E-state index is 0.235. The van der Waals surface area contributed by atoms with Crippen molar-refractivity contribution >= 4 is 11.6 Å². The van der Waals surface area contributed by atoms with E-state index in [9.17, 15) is 0 Å². The first-order chi connectivity index (χ1) is 4.81. The standard InChI is InChI=1S/C8H17ClO2/c1-6(10)5-7(9)11-8(2,3)4/h6-7,10H,5H2,1-4H3. The first-order valence-corrected chi connectivity index (χ1v) is 4.25. The zero-order valence-electron chi connectivity index (χ0n) is 7.60. The third-order valence-corrected chi connectivity index (χ3v) is 1.28. The van der Waals surface area contributed by atoms with Crippen molar-refractivity contribution in [2.75, 3.05) is 0 Å². The summed E-state index contributed by atoms with van der Waals surface area (Å²) in [6.07, 6.45) is 0.0681. The van der Waals surface area contributed by atoms with Gasteiger partial charge >= 0.3 is 0 Å². The summed E-state index contributed by atoms with van der Waals surface area (Å²) in [6, 6.07) is 0. The van der Waals surface area contributed by atoms with Crippen molar-refractivity contribution in [3.8, 4) is 0 Å². The van der Waals surface area contributed by atoms with E-state index in [4.69, 9.17) is 21.4 Å². The molecule has 0 radical (unpaired) electrons. The molecule has 0 aromatic heterocycles. The SMILES string of the molecule is CC(O)CC(Cl)OC(C)(C)C. The molecule has 2 atom stereocenters. The highest BCUT2D eigenvalue weighted by atomic mass is 35.5. The molecule has 11 heavy (non-hydrogen) atoms. The van der Waals surface area contributed by atoms with Crippen LogP contribution in [0.15, 0.2) is 0 Å². The number of aliphatic hydroxyl groups excluding tert-OH is 1. The molecule has 2 unspecified atom stereocenters. The third-order valence-electron chi connectivity index (χ3n) is 1.01. The number of aliphatic hydroxyl groups is 1. The second-order valence-corrected chi connectivity index (χ2v) is 4.21. The highest BCUT2D eigenvalue weighted by molar-refractivity contribution is 6.19. The molecule has 0 aromatic carbocycles. The van der Waals surface area contributed by atoms with Gasteiger partial charge < -0.3 is 9.84 Å². The molecule has 0 bridgehead atoms. The Labute approximate surface area is 73.5 Å². The van der Waals surface area contributed by atoms with Crippen molar-refractivity contribution in [3.05, 3.63) is 0 Å². The van der Waals surface area contributed by atoms with Crippen LogP contribution in [0.4, 0.5) is 0 Å². The first kappa shape index (κ1) is 11.2. The van der Waals surface area contributed by atoms with Crippen LogP contribution in [-0.4, -0.2) is 22.4 Å². The van der Waals surface area contributed by atoms with Gasteiger partial charge in [-0.05, 0) is 27.7 Å². The van der Waals surface area contributed by atoms with Crippen LogP contribution in [0.5, 0.6) is 0 Å². The molecular weight excluding hydrogens is 164 g/mol. The highest BCUT2D eigenvalue weighted by Crippen LogP contribution is 2.16. The molecule has 0 aliphatic rings. The molecule has 0 saturated heterocycles. The van der Waals surface area contributed by atoms with Crippen molar-refractivity contribution in [3.63, 3.8) is 0 Å². The lowest BCUT2D eigenvalue weighted by atomic mass is 10.2. The summed E-state index contributed by atoms with van der Waals surface area (Å²) < 4.78 is 5.35. The summed E-state index contributed by atoms with van der Waals surface area (Å²) in [5.74, 6) is 0. The predicted molar refractivity (Wildman–Crippen MR) is 46.8 cm³/mol. The summed E-state index contributed by atoms with van der Waals surface area (Å²) in [6.45, 7) is 7.50. The van der Waals surface area contributed by atoms with Crippen LogP contribution in [0.3, 0.4) is 0 Å². The minimum atomic E-state index is -0.403. The zero-order valence-corrected chi connectivity index (χ0v) is 8.35. The Kier molecular flexibility index (Phi) is 4.37. The monoisotopic (exact) mass is 180 g/mol. The Morgan fingerprint density at radius 3 is 2.18 bits per heavy atom. The van der Waals surface area contributed by atoms with Gasteiger partial charge in [0.25, 0.3) is 0 Å². The fourth-order valence-corrected chi connectivity index (χ4v) is 1.23. The summed E-state index contributed by atoms with van der Waals surface area (Å²) in [4.78, 5) is 0. The second kappa shape index (κ2) is 4.29. The van der Waals surface area contributed by atoms with Gasteiger partial charge in [0.1, 0.15) is 5.56 Å². The van der Waals surface area contributed by atoms with Crippen LogP contribution in [0.25, 0.3) is 0 Å². The molecule has 0 fully saturated rings. The fraction of sp³-hybridized carbons (Fsp3) is 1.00. The molecule has 0 aliphatic carbocycles. The van der Waals surface area contributed by atoms with Gasteiger partial charge in [-0.2, -0.15) is 0 Å². The molecule has 0 aliphatic heterocycles. The number of hydrogen-bond donors (Lipinski definition) is 1. The molecule has 0 rings (SSSR count). The van der Waals surface area contributed by atoms with E-state index in [0.717, 1.165) is 0 Å². The van der Waals surface area contributed by atoms with E-state index >= 15 is 0 Å².